The average Bonchev–Trinajstić information content (AvgIpc) is 2.26. The maximum atomic E-state index is 10.7. The Bertz CT molecular complexity index is 385. The van der Waals surface area contributed by atoms with E-state index in [0.717, 1.165) is 6.42 Å². The van der Waals surface area contributed by atoms with Crippen molar-refractivity contribution in [3.8, 4) is 0 Å². The van der Waals surface area contributed by atoms with Crippen LogP contribution in [0.4, 0.5) is 0 Å². The maximum Gasteiger partial charge on any atom is 0.302 e. The molecule has 100 valence electrons. The van der Waals surface area contributed by atoms with Gasteiger partial charge in [0.25, 0.3) is 0 Å². The summed E-state index contributed by atoms with van der Waals surface area (Å²) >= 11 is 0. The van der Waals surface area contributed by atoms with Gasteiger partial charge in [-0.25, -0.2) is 0 Å². The fourth-order valence-electron chi connectivity index (χ4n) is 1.86. The Morgan fingerprint density at radius 3 is 2.22 bits per heavy atom. The SMILES string of the molecule is CC(=O)OC[C@H](C)Cc1ccc(C(C)(C)C)cc1. The van der Waals surface area contributed by atoms with E-state index in [4.69, 9.17) is 4.74 Å². The highest BCUT2D eigenvalue weighted by Gasteiger charge is 2.13. The van der Waals surface area contributed by atoms with Crippen molar-refractivity contribution in [3.63, 3.8) is 0 Å². The third-order valence-electron chi connectivity index (χ3n) is 2.98. The summed E-state index contributed by atoms with van der Waals surface area (Å²) < 4.78 is 5.01. The number of hydrogen-bond acceptors (Lipinski definition) is 2. The molecule has 0 spiro atoms. The molecule has 0 radical (unpaired) electrons. The van der Waals surface area contributed by atoms with Crippen molar-refractivity contribution < 1.29 is 9.53 Å². The summed E-state index contributed by atoms with van der Waals surface area (Å²) in [6, 6.07) is 8.72. The monoisotopic (exact) mass is 248 g/mol. The van der Waals surface area contributed by atoms with Crippen molar-refractivity contribution in [1.29, 1.82) is 0 Å². The predicted octanol–water partition coefficient (Wildman–Crippen LogP) is 3.73. The van der Waals surface area contributed by atoms with Gasteiger partial charge >= 0.3 is 5.97 Å². The Kier molecular flexibility index (Phi) is 4.94. The van der Waals surface area contributed by atoms with Crippen LogP contribution < -0.4 is 0 Å². The van der Waals surface area contributed by atoms with Crippen LogP contribution in [0.5, 0.6) is 0 Å². The summed E-state index contributed by atoms with van der Waals surface area (Å²) in [5.41, 5.74) is 2.84. The van der Waals surface area contributed by atoms with Gasteiger partial charge in [0.15, 0.2) is 0 Å². The number of hydrogen-bond donors (Lipinski definition) is 0. The van der Waals surface area contributed by atoms with Crippen LogP contribution in [0.15, 0.2) is 24.3 Å². The molecule has 0 aliphatic rings. The van der Waals surface area contributed by atoms with Gasteiger partial charge in [-0.05, 0) is 28.9 Å². The van der Waals surface area contributed by atoms with E-state index in [9.17, 15) is 4.79 Å². The van der Waals surface area contributed by atoms with Crippen LogP contribution in [0.2, 0.25) is 0 Å². The Hall–Kier alpha value is -1.31. The number of benzene rings is 1. The molecule has 0 fully saturated rings. The van der Waals surface area contributed by atoms with E-state index in [1.807, 2.05) is 0 Å². The zero-order valence-electron chi connectivity index (χ0n) is 12.1. The van der Waals surface area contributed by atoms with Gasteiger partial charge < -0.3 is 4.74 Å². The molecule has 2 nitrogen and oxygen atoms in total. The third kappa shape index (κ3) is 4.91. The lowest BCUT2D eigenvalue weighted by Gasteiger charge is -2.19. The molecule has 0 heterocycles. The first-order chi connectivity index (χ1) is 8.29. The molecule has 0 aromatic heterocycles. The first kappa shape index (κ1) is 14.7. The molecule has 0 N–H and O–H groups in total. The summed E-state index contributed by atoms with van der Waals surface area (Å²) in [6.07, 6.45) is 0.942. The van der Waals surface area contributed by atoms with Crippen LogP contribution in [-0.4, -0.2) is 12.6 Å². The van der Waals surface area contributed by atoms with Gasteiger partial charge in [-0.1, -0.05) is 52.0 Å². The fraction of sp³-hybridized carbons (Fsp3) is 0.562. The number of carbonyl (C=O) groups excluding carboxylic acids is 1. The highest BCUT2D eigenvalue weighted by molar-refractivity contribution is 5.65. The molecule has 0 aliphatic carbocycles. The number of ether oxygens (including phenoxy) is 1. The Labute approximate surface area is 110 Å². The number of esters is 1. The largest absolute Gasteiger partial charge is 0.466 e. The van der Waals surface area contributed by atoms with Crippen LogP contribution in [0.25, 0.3) is 0 Å². The second-order valence-electron chi connectivity index (χ2n) is 6.06. The minimum absolute atomic E-state index is 0.196. The second-order valence-corrected chi connectivity index (χ2v) is 6.06. The van der Waals surface area contributed by atoms with Crippen LogP contribution in [0.1, 0.15) is 45.7 Å². The molecular formula is C16H24O2. The zero-order chi connectivity index (χ0) is 13.8. The van der Waals surface area contributed by atoms with Crippen molar-refractivity contribution in [3.05, 3.63) is 35.4 Å². The minimum Gasteiger partial charge on any atom is -0.466 e. The number of rotatable bonds is 4. The van der Waals surface area contributed by atoms with E-state index in [0.29, 0.717) is 12.5 Å². The molecular weight excluding hydrogens is 224 g/mol. The Morgan fingerprint density at radius 2 is 1.78 bits per heavy atom. The van der Waals surface area contributed by atoms with Gasteiger partial charge in [0.1, 0.15) is 0 Å². The predicted molar refractivity (Wildman–Crippen MR) is 74.6 cm³/mol. The van der Waals surface area contributed by atoms with Gasteiger partial charge in [0.2, 0.25) is 0 Å². The molecule has 1 aromatic rings. The van der Waals surface area contributed by atoms with Gasteiger partial charge in [-0.2, -0.15) is 0 Å². The van der Waals surface area contributed by atoms with Crippen LogP contribution in [-0.2, 0) is 21.4 Å². The normalized spacial score (nSPS) is 13.2. The van der Waals surface area contributed by atoms with Gasteiger partial charge in [0.05, 0.1) is 6.61 Å². The lowest BCUT2D eigenvalue weighted by atomic mass is 9.86. The van der Waals surface area contributed by atoms with E-state index in [1.165, 1.54) is 18.1 Å². The molecule has 1 aromatic carbocycles. The quantitative estimate of drug-likeness (QED) is 0.759. The van der Waals surface area contributed by atoms with Crippen molar-refractivity contribution in [2.45, 2.75) is 46.5 Å². The minimum atomic E-state index is -0.204. The van der Waals surface area contributed by atoms with E-state index in [2.05, 4.69) is 52.0 Å². The summed E-state index contributed by atoms with van der Waals surface area (Å²) in [5, 5.41) is 0. The molecule has 0 amide bonds. The van der Waals surface area contributed by atoms with E-state index >= 15 is 0 Å². The molecule has 0 saturated heterocycles. The Morgan fingerprint density at radius 1 is 1.22 bits per heavy atom. The van der Waals surface area contributed by atoms with Gasteiger partial charge in [-0.3, -0.25) is 4.79 Å². The van der Waals surface area contributed by atoms with Crippen LogP contribution >= 0.6 is 0 Å². The lowest BCUT2D eigenvalue weighted by molar-refractivity contribution is -0.142. The molecule has 0 unspecified atom stereocenters. The molecule has 0 aliphatic heterocycles. The first-order valence-corrected chi connectivity index (χ1v) is 6.52. The zero-order valence-corrected chi connectivity index (χ0v) is 12.1. The van der Waals surface area contributed by atoms with Crippen molar-refractivity contribution >= 4 is 5.97 Å². The van der Waals surface area contributed by atoms with Crippen molar-refractivity contribution in [2.24, 2.45) is 5.92 Å². The summed E-state index contributed by atoms with van der Waals surface area (Å²) in [5.74, 6) is 0.152. The first-order valence-electron chi connectivity index (χ1n) is 6.52. The summed E-state index contributed by atoms with van der Waals surface area (Å²) in [7, 11) is 0. The van der Waals surface area contributed by atoms with Crippen molar-refractivity contribution in [1.82, 2.24) is 0 Å². The molecule has 1 rings (SSSR count). The highest BCUT2D eigenvalue weighted by Crippen LogP contribution is 2.22. The Balaban J connectivity index is 2.56. The lowest BCUT2D eigenvalue weighted by Crippen LogP contribution is -2.13. The smallest absolute Gasteiger partial charge is 0.302 e. The summed E-state index contributed by atoms with van der Waals surface area (Å²) in [4.78, 5) is 10.7. The molecule has 18 heavy (non-hydrogen) atoms. The summed E-state index contributed by atoms with van der Waals surface area (Å²) in [6.45, 7) is 10.7. The average molecular weight is 248 g/mol. The van der Waals surface area contributed by atoms with Crippen molar-refractivity contribution in [2.75, 3.05) is 6.61 Å². The molecule has 1 atom stereocenters. The number of carbonyl (C=O) groups is 1. The van der Waals surface area contributed by atoms with E-state index in [-0.39, 0.29) is 11.4 Å². The van der Waals surface area contributed by atoms with Gasteiger partial charge in [-0.15, -0.1) is 0 Å². The van der Waals surface area contributed by atoms with E-state index in [1.54, 1.807) is 0 Å². The van der Waals surface area contributed by atoms with E-state index < -0.39 is 0 Å². The van der Waals surface area contributed by atoms with Crippen LogP contribution in [0, 0.1) is 5.92 Å². The molecule has 2 heteroatoms. The second kappa shape index (κ2) is 6.03. The topological polar surface area (TPSA) is 26.3 Å². The standard InChI is InChI=1S/C16H24O2/c1-12(11-18-13(2)17)10-14-6-8-15(9-7-14)16(3,4)5/h6-9,12H,10-11H2,1-5H3/t12-/m1/s1. The molecule has 0 saturated carbocycles. The maximum absolute atomic E-state index is 10.7. The van der Waals surface area contributed by atoms with Crippen LogP contribution in [0.3, 0.4) is 0 Å². The third-order valence-corrected chi connectivity index (χ3v) is 2.98. The fourth-order valence-corrected chi connectivity index (χ4v) is 1.86. The highest BCUT2D eigenvalue weighted by atomic mass is 16.5. The molecule has 0 bridgehead atoms. The van der Waals surface area contributed by atoms with Gasteiger partial charge in [0, 0.05) is 6.92 Å².